The Bertz CT molecular complexity index is 1750. The Balaban J connectivity index is 1.58. The highest BCUT2D eigenvalue weighted by Gasteiger charge is 2.55. The molecular formula is C36H38N2O11. The van der Waals surface area contributed by atoms with Gasteiger partial charge in [0.15, 0.2) is 5.60 Å². The Morgan fingerprint density at radius 1 is 0.857 bits per heavy atom. The molecular weight excluding hydrogens is 636 g/mol. The third kappa shape index (κ3) is 6.60. The fourth-order valence-corrected chi connectivity index (χ4v) is 6.40. The number of nitrogens with zero attached hydrogens (tertiary/aromatic N) is 1. The monoisotopic (exact) mass is 674 g/mol. The Morgan fingerprint density at radius 3 is 2.02 bits per heavy atom. The van der Waals surface area contributed by atoms with E-state index >= 15 is 0 Å². The lowest BCUT2D eigenvalue weighted by molar-refractivity contribution is -0.141. The predicted molar refractivity (Wildman–Crippen MR) is 173 cm³/mol. The van der Waals surface area contributed by atoms with E-state index in [-0.39, 0.29) is 66.5 Å². The van der Waals surface area contributed by atoms with Crippen molar-refractivity contribution in [3.8, 4) is 23.0 Å². The van der Waals surface area contributed by atoms with E-state index in [1.165, 1.54) is 49.5 Å². The zero-order valence-electron chi connectivity index (χ0n) is 27.6. The number of aromatic hydroxyl groups is 2. The lowest BCUT2D eigenvalue weighted by Gasteiger charge is -2.36. The average Bonchev–Trinajstić information content (AvgIpc) is 3.37. The van der Waals surface area contributed by atoms with Crippen LogP contribution < -0.4 is 10.1 Å². The van der Waals surface area contributed by atoms with Gasteiger partial charge in [0.2, 0.25) is 5.91 Å². The summed E-state index contributed by atoms with van der Waals surface area (Å²) in [6.07, 6.45) is 0.576. The number of nitrogens with one attached hydrogen (secondary N) is 1. The molecule has 2 aliphatic rings. The number of carbonyl (C=O) groups is 5. The molecule has 49 heavy (non-hydrogen) atoms. The lowest BCUT2D eigenvalue weighted by Crippen LogP contribution is -2.53. The van der Waals surface area contributed by atoms with Gasteiger partial charge in [0, 0.05) is 54.8 Å². The minimum Gasteiger partial charge on any atom is -0.508 e. The first-order chi connectivity index (χ1) is 23.4. The molecule has 13 heteroatoms. The number of benzene rings is 3. The number of hydrogen-bond acceptors (Lipinski definition) is 11. The summed E-state index contributed by atoms with van der Waals surface area (Å²) < 4.78 is 21.7. The van der Waals surface area contributed by atoms with Gasteiger partial charge in [-0.2, -0.15) is 0 Å². The van der Waals surface area contributed by atoms with Gasteiger partial charge in [0.05, 0.1) is 25.3 Å². The molecule has 0 aliphatic carbocycles. The number of ether oxygens (including phenoxy) is 4. The van der Waals surface area contributed by atoms with E-state index in [9.17, 15) is 34.2 Å². The number of phenolic OH excluding ortho intramolecular Hbond substituents is 2. The molecule has 0 saturated carbocycles. The predicted octanol–water partition coefficient (Wildman–Crippen LogP) is 4.16. The molecule has 2 amide bonds. The Labute approximate surface area is 282 Å². The first-order valence-corrected chi connectivity index (χ1v) is 15.9. The van der Waals surface area contributed by atoms with Gasteiger partial charge in [-0.3, -0.25) is 19.2 Å². The van der Waals surface area contributed by atoms with Crippen LogP contribution in [0.2, 0.25) is 0 Å². The van der Waals surface area contributed by atoms with Gasteiger partial charge in [-0.25, -0.2) is 4.79 Å². The molecule has 3 N–H and O–H groups in total. The fourth-order valence-electron chi connectivity index (χ4n) is 6.40. The van der Waals surface area contributed by atoms with Crippen LogP contribution in [0.25, 0.3) is 0 Å². The maximum absolute atomic E-state index is 14.6. The summed E-state index contributed by atoms with van der Waals surface area (Å²) in [6, 6.07) is 12.4. The summed E-state index contributed by atoms with van der Waals surface area (Å²) in [5.41, 5.74) is -0.534. The van der Waals surface area contributed by atoms with E-state index in [0.717, 1.165) is 0 Å². The zero-order chi connectivity index (χ0) is 35.5. The van der Waals surface area contributed by atoms with Crippen LogP contribution in [0.1, 0.15) is 76.9 Å². The second-order valence-electron chi connectivity index (χ2n) is 12.1. The zero-order valence-corrected chi connectivity index (χ0v) is 27.6. The molecule has 5 rings (SSSR count). The highest BCUT2D eigenvalue weighted by molar-refractivity contribution is 6.09. The Kier molecular flexibility index (Phi) is 10.1. The Morgan fingerprint density at radius 2 is 1.45 bits per heavy atom. The maximum atomic E-state index is 14.6. The van der Waals surface area contributed by atoms with Crippen LogP contribution in [0.3, 0.4) is 0 Å². The molecule has 1 unspecified atom stereocenters. The largest absolute Gasteiger partial charge is 0.508 e. The summed E-state index contributed by atoms with van der Waals surface area (Å²) in [7, 11) is 2.54. The first-order valence-electron chi connectivity index (χ1n) is 15.9. The summed E-state index contributed by atoms with van der Waals surface area (Å²) in [4.78, 5) is 67.1. The highest BCUT2D eigenvalue weighted by Crippen LogP contribution is 2.57. The van der Waals surface area contributed by atoms with E-state index in [0.29, 0.717) is 23.1 Å². The summed E-state index contributed by atoms with van der Waals surface area (Å²) in [5.74, 6) is -3.04. The van der Waals surface area contributed by atoms with E-state index < -0.39 is 47.3 Å². The number of methoxy groups -OCH3 is 2. The number of phenols is 2. The molecule has 1 atom stereocenters. The van der Waals surface area contributed by atoms with Crippen LogP contribution >= 0.6 is 0 Å². The molecule has 258 valence electrons. The highest BCUT2D eigenvalue weighted by atomic mass is 16.6. The molecule has 0 fully saturated rings. The lowest BCUT2D eigenvalue weighted by atomic mass is 9.77. The molecule has 0 radical (unpaired) electrons. The summed E-state index contributed by atoms with van der Waals surface area (Å²) >= 11 is 0. The second-order valence-corrected chi connectivity index (χ2v) is 12.1. The third-order valence-corrected chi connectivity index (χ3v) is 8.62. The van der Waals surface area contributed by atoms with Gasteiger partial charge in [0.25, 0.3) is 5.91 Å². The second kappa shape index (κ2) is 14.3. The molecule has 0 bridgehead atoms. The quantitative estimate of drug-likeness (QED) is 0.143. The van der Waals surface area contributed by atoms with Gasteiger partial charge in [0.1, 0.15) is 29.0 Å². The van der Waals surface area contributed by atoms with Gasteiger partial charge in [-0.05, 0) is 49.1 Å². The topological polar surface area (TPSA) is 178 Å². The van der Waals surface area contributed by atoms with Crippen molar-refractivity contribution in [2.45, 2.75) is 51.2 Å². The normalized spacial score (nSPS) is 14.1. The maximum Gasteiger partial charge on any atom is 0.340 e. The summed E-state index contributed by atoms with van der Waals surface area (Å²) in [5, 5.41) is 23.3. The average molecular weight is 675 g/mol. The van der Waals surface area contributed by atoms with Crippen molar-refractivity contribution < 1.29 is 53.1 Å². The molecule has 2 aliphatic heterocycles. The number of amides is 2. The first kappa shape index (κ1) is 34.7. The van der Waals surface area contributed by atoms with Crippen LogP contribution in [0.4, 0.5) is 0 Å². The standard InChI is InChI=1S/C36H38N2O11/c1-20(2)32(33(43)37-16-6-10-29(41)46-3)38(17-7-11-30(42)47-4)34(44)23-8-5-9-26-31(23)35(45)49-36(26)24-14-12-21(39)18-27(24)48-28-19-22(40)13-15-25(28)36/h5,8-9,12-15,18-20,32,39-40H,6-7,10-11,16-17H2,1-4H3,(H,37,43). The van der Waals surface area contributed by atoms with Gasteiger partial charge >= 0.3 is 17.9 Å². The molecule has 13 nitrogen and oxygen atoms in total. The summed E-state index contributed by atoms with van der Waals surface area (Å²) in [6.45, 7) is 3.69. The van der Waals surface area contributed by atoms with Crippen molar-refractivity contribution in [3.63, 3.8) is 0 Å². The van der Waals surface area contributed by atoms with E-state index in [4.69, 9.17) is 14.2 Å². The van der Waals surface area contributed by atoms with Crippen molar-refractivity contribution >= 4 is 29.7 Å². The van der Waals surface area contributed by atoms with Gasteiger partial charge in [-0.15, -0.1) is 0 Å². The third-order valence-electron chi connectivity index (χ3n) is 8.62. The van der Waals surface area contributed by atoms with Crippen molar-refractivity contribution in [2.24, 2.45) is 5.92 Å². The Hall–Kier alpha value is -5.59. The molecule has 0 aromatic heterocycles. The molecule has 2 heterocycles. The smallest absolute Gasteiger partial charge is 0.340 e. The van der Waals surface area contributed by atoms with Crippen LogP contribution in [0.15, 0.2) is 54.6 Å². The van der Waals surface area contributed by atoms with Gasteiger partial charge in [-0.1, -0.05) is 26.0 Å². The number of esters is 3. The van der Waals surface area contributed by atoms with E-state index in [1.54, 1.807) is 38.1 Å². The van der Waals surface area contributed by atoms with Crippen molar-refractivity contribution in [1.82, 2.24) is 10.2 Å². The minimum atomic E-state index is -1.60. The van der Waals surface area contributed by atoms with E-state index in [1.807, 2.05) is 0 Å². The van der Waals surface area contributed by atoms with Gasteiger partial charge < -0.3 is 39.4 Å². The minimum absolute atomic E-state index is 0.0167. The van der Waals surface area contributed by atoms with Crippen LogP contribution in [0.5, 0.6) is 23.0 Å². The number of fused-ring (bicyclic) bond motifs is 6. The number of carbonyl (C=O) groups excluding carboxylic acids is 5. The number of hydrogen-bond donors (Lipinski definition) is 3. The molecule has 3 aromatic carbocycles. The molecule has 1 spiro atoms. The molecule has 0 saturated heterocycles. The van der Waals surface area contributed by atoms with Crippen LogP contribution in [-0.2, 0) is 34.2 Å². The number of rotatable bonds is 12. The van der Waals surface area contributed by atoms with Crippen LogP contribution in [-0.4, -0.2) is 78.2 Å². The van der Waals surface area contributed by atoms with Crippen molar-refractivity contribution in [3.05, 3.63) is 82.4 Å². The SMILES string of the molecule is COC(=O)CCCNC(=O)C(C(C)C)N(CCCC(=O)OC)C(=O)c1cccc2c1C(=O)OC21c2ccc(O)cc2Oc2cc(O)ccc21. The molecule has 3 aromatic rings. The van der Waals surface area contributed by atoms with Crippen molar-refractivity contribution in [2.75, 3.05) is 27.3 Å². The van der Waals surface area contributed by atoms with Crippen LogP contribution in [0, 0.1) is 5.92 Å². The van der Waals surface area contributed by atoms with Crippen molar-refractivity contribution in [1.29, 1.82) is 0 Å². The van der Waals surface area contributed by atoms with E-state index in [2.05, 4.69) is 10.1 Å². The fraction of sp³-hybridized carbons (Fsp3) is 0.361.